The van der Waals surface area contributed by atoms with Crippen molar-refractivity contribution in [3.63, 3.8) is 0 Å². The van der Waals surface area contributed by atoms with E-state index in [9.17, 15) is 0 Å². The molecule has 4 aromatic rings. The molecule has 0 aliphatic rings. The summed E-state index contributed by atoms with van der Waals surface area (Å²) in [5.41, 5.74) is 9.45. The molecule has 34 heavy (non-hydrogen) atoms. The fourth-order valence-corrected chi connectivity index (χ4v) is 4.06. The van der Waals surface area contributed by atoms with Gasteiger partial charge in [0.25, 0.3) is 0 Å². The smallest absolute Gasteiger partial charge is 0.0281 e. The minimum atomic E-state index is 1.02. The quantitative estimate of drug-likeness (QED) is 0.276. The number of hydrogen-bond donors (Lipinski definition) is 0. The van der Waals surface area contributed by atoms with Crippen molar-refractivity contribution >= 4 is 0 Å². The van der Waals surface area contributed by atoms with Gasteiger partial charge >= 0.3 is 0 Å². The third-order valence-electron chi connectivity index (χ3n) is 5.81. The summed E-state index contributed by atoms with van der Waals surface area (Å²) < 4.78 is 0. The molecule has 0 atom stereocenters. The van der Waals surface area contributed by atoms with Crippen LogP contribution in [0.25, 0.3) is 11.1 Å². The number of hydrogen-bond acceptors (Lipinski definition) is 0. The lowest BCUT2D eigenvalue weighted by Crippen LogP contribution is -1.94. The highest BCUT2D eigenvalue weighted by Gasteiger charge is 2.07. The van der Waals surface area contributed by atoms with E-state index in [0.29, 0.717) is 0 Å². The summed E-state index contributed by atoms with van der Waals surface area (Å²) in [5, 5.41) is 0. The van der Waals surface area contributed by atoms with E-state index in [1.54, 1.807) is 0 Å². The topological polar surface area (TPSA) is 0 Å². The Kier molecular flexibility index (Phi) is 8.00. The summed E-state index contributed by atoms with van der Waals surface area (Å²) in [4.78, 5) is 0. The molecule has 4 rings (SSSR count). The van der Waals surface area contributed by atoms with Crippen molar-refractivity contribution in [3.8, 4) is 34.8 Å². The fraction of sp³-hybridized carbons (Fsp3) is 0.176. The lowest BCUT2D eigenvalue weighted by Gasteiger charge is -2.11. The van der Waals surface area contributed by atoms with Gasteiger partial charge in [-0.15, -0.1) is 0 Å². The molecule has 0 aliphatic heterocycles. The molecule has 0 fully saturated rings. The molecular weight excluding hydrogens is 408 g/mol. The minimum absolute atomic E-state index is 1.02. The normalized spacial score (nSPS) is 10.1. The van der Waals surface area contributed by atoms with Crippen LogP contribution in [-0.4, -0.2) is 0 Å². The molecule has 0 radical (unpaired) electrons. The van der Waals surface area contributed by atoms with Gasteiger partial charge in [-0.25, -0.2) is 0 Å². The molecule has 0 spiro atoms. The van der Waals surface area contributed by atoms with Gasteiger partial charge in [-0.05, 0) is 83.6 Å². The first-order valence-electron chi connectivity index (χ1n) is 12.2. The highest BCUT2D eigenvalue weighted by atomic mass is 14.1. The maximum Gasteiger partial charge on any atom is 0.0281 e. The number of rotatable bonds is 5. The fourth-order valence-electron chi connectivity index (χ4n) is 4.06. The van der Waals surface area contributed by atoms with Crippen LogP contribution < -0.4 is 0 Å². The van der Waals surface area contributed by atoms with E-state index in [0.717, 1.165) is 47.9 Å². The summed E-state index contributed by atoms with van der Waals surface area (Å²) in [7, 11) is 0. The van der Waals surface area contributed by atoms with E-state index in [-0.39, 0.29) is 0 Å². The summed E-state index contributed by atoms with van der Waals surface area (Å²) >= 11 is 0. The van der Waals surface area contributed by atoms with E-state index in [1.165, 1.54) is 22.3 Å². The highest BCUT2D eigenvalue weighted by molar-refractivity contribution is 5.68. The van der Waals surface area contributed by atoms with Crippen LogP contribution in [0.2, 0.25) is 0 Å². The molecular formula is C34H30. The molecule has 0 aromatic heterocycles. The Morgan fingerprint density at radius 3 is 1.26 bits per heavy atom. The molecule has 0 nitrogen and oxygen atoms in total. The second kappa shape index (κ2) is 11.7. The summed E-state index contributed by atoms with van der Waals surface area (Å²) in [5.74, 6) is 13.4. The third kappa shape index (κ3) is 6.07. The maximum absolute atomic E-state index is 3.40. The molecule has 0 amide bonds. The van der Waals surface area contributed by atoms with Gasteiger partial charge in [0.15, 0.2) is 0 Å². The van der Waals surface area contributed by atoms with Crippen LogP contribution in [0.1, 0.15) is 60.1 Å². The Labute approximate surface area is 204 Å². The van der Waals surface area contributed by atoms with Crippen LogP contribution in [0.15, 0.2) is 97.1 Å². The molecule has 0 unspecified atom stereocenters. The first-order chi connectivity index (χ1) is 16.8. The Hall–Kier alpha value is -4.00. The minimum Gasteiger partial charge on any atom is -0.0651 e. The van der Waals surface area contributed by atoms with Crippen molar-refractivity contribution in [1.29, 1.82) is 0 Å². The van der Waals surface area contributed by atoms with Crippen LogP contribution in [0, 0.1) is 23.7 Å². The zero-order valence-electron chi connectivity index (χ0n) is 20.1. The summed E-state index contributed by atoms with van der Waals surface area (Å²) in [6.07, 6.45) is 4.24. The van der Waals surface area contributed by atoms with Gasteiger partial charge in [0.05, 0.1) is 0 Å². The largest absolute Gasteiger partial charge is 0.0651 e. The standard InChI is InChI=1S/C34H30/c1-3-11-31-25-33(23-21-29(31)19-17-27-13-7-5-8-14-27)34-24-22-30(32(26-34)12-4-2)20-18-28-15-9-6-10-16-28/h5-10,13-16,21-26H,3-4,11-12H2,1-2H3. The molecule has 0 aliphatic carbocycles. The Balaban J connectivity index is 1.67. The zero-order valence-corrected chi connectivity index (χ0v) is 20.1. The van der Waals surface area contributed by atoms with E-state index < -0.39 is 0 Å². The molecule has 0 heterocycles. The lowest BCUT2D eigenvalue weighted by molar-refractivity contribution is 0.917. The van der Waals surface area contributed by atoms with Gasteiger partial charge in [-0.1, -0.05) is 98.9 Å². The molecule has 0 heteroatoms. The SMILES string of the molecule is CCCc1cc(-c2ccc(C#Cc3ccccc3)c(CCC)c2)ccc1C#Cc1ccccc1. The highest BCUT2D eigenvalue weighted by Crippen LogP contribution is 2.26. The van der Waals surface area contributed by atoms with Crippen molar-refractivity contribution in [3.05, 3.63) is 130 Å². The molecule has 4 aromatic carbocycles. The average Bonchev–Trinajstić information content (AvgIpc) is 2.89. The Morgan fingerprint density at radius 2 is 0.882 bits per heavy atom. The van der Waals surface area contributed by atoms with Crippen molar-refractivity contribution in [2.45, 2.75) is 39.5 Å². The van der Waals surface area contributed by atoms with Crippen LogP contribution in [0.4, 0.5) is 0 Å². The number of aryl methyl sites for hydroxylation is 2. The van der Waals surface area contributed by atoms with Crippen molar-refractivity contribution < 1.29 is 0 Å². The van der Waals surface area contributed by atoms with Gasteiger partial charge in [0, 0.05) is 22.3 Å². The van der Waals surface area contributed by atoms with Crippen LogP contribution in [0.3, 0.4) is 0 Å². The predicted molar refractivity (Wildman–Crippen MR) is 145 cm³/mol. The molecule has 0 N–H and O–H groups in total. The van der Waals surface area contributed by atoms with Crippen molar-refractivity contribution in [2.75, 3.05) is 0 Å². The third-order valence-corrected chi connectivity index (χ3v) is 5.81. The second-order valence-electron chi connectivity index (χ2n) is 8.48. The van der Waals surface area contributed by atoms with E-state index in [4.69, 9.17) is 0 Å². The van der Waals surface area contributed by atoms with Gasteiger partial charge in [0.1, 0.15) is 0 Å². The van der Waals surface area contributed by atoms with E-state index >= 15 is 0 Å². The monoisotopic (exact) mass is 438 g/mol. The average molecular weight is 439 g/mol. The van der Waals surface area contributed by atoms with Crippen LogP contribution in [0.5, 0.6) is 0 Å². The van der Waals surface area contributed by atoms with Gasteiger partial charge in [0.2, 0.25) is 0 Å². The molecule has 0 saturated carbocycles. The molecule has 0 bridgehead atoms. The van der Waals surface area contributed by atoms with Gasteiger partial charge in [-0.3, -0.25) is 0 Å². The van der Waals surface area contributed by atoms with Crippen molar-refractivity contribution in [2.24, 2.45) is 0 Å². The predicted octanol–water partition coefficient (Wildman–Crippen LogP) is 8.06. The number of benzene rings is 4. The van der Waals surface area contributed by atoms with Crippen LogP contribution >= 0.6 is 0 Å². The lowest BCUT2D eigenvalue weighted by atomic mass is 9.93. The summed E-state index contributed by atoms with van der Waals surface area (Å²) in [6.45, 7) is 4.45. The molecule has 166 valence electrons. The second-order valence-corrected chi connectivity index (χ2v) is 8.48. The Bertz CT molecular complexity index is 1240. The molecule has 0 saturated heterocycles. The summed E-state index contributed by atoms with van der Waals surface area (Å²) in [6, 6.07) is 33.8. The Morgan fingerprint density at radius 1 is 0.471 bits per heavy atom. The van der Waals surface area contributed by atoms with E-state index in [2.05, 4.69) is 98.2 Å². The van der Waals surface area contributed by atoms with Crippen molar-refractivity contribution in [1.82, 2.24) is 0 Å². The van der Waals surface area contributed by atoms with Crippen LogP contribution in [-0.2, 0) is 12.8 Å². The van der Waals surface area contributed by atoms with Gasteiger partial charge in [-0.2, -0.15) is 0 Å². The van der Waals surface area contributed by atoms with E-state index in [1.807, 2.05) is 36.4 Å². The zero-order chi connectivity index (χ0) is 23.6. The van der Waals surface area contributed by atoms with Gasteiger partial charge < -0.3 is 0 Å². The first-order valence-corrected chi connectivity index (χ1v) is 12.2. The first kappa shape index (κ1) is 23.2. The maximum atomic E-state index is 3.40.